The lowest BCUT2D eigenvalue weighted by molar-refractivity contribution is -0.143. The summed E-state index contributed by atoms with van der Waals surface area (Å²) >= 11 is 0. The molecule has 1 heterocycles. The standard InChI is InChI=1S/C15H19F3N2O3/c1-23-11-2-3-12(13(21)6-11)14(22)19-7-10-4-5-20(8-10)9-15(16,17)18/h2-3,6,10,21H,4-5,7-9H2,1H3,(H,19,22). The van der Waals surface area contributed by atoms with Gasteiger partial charge in [-0.05, 0) is 31.0 Å². The van der Waals surface area contributed by atoms with Crippen molar-refractivity contribution in [1.29, 1.82) is 0 Å². The zero-order valence-corrected chi connectivity index (χ0v) is 12.7. The van der Waals surface area contributed by atoms with Gasteiger partial charge in [0.1, 0.15) is 11.5 Å². The van der Waals surface area contributed by atoms with Crippen LogP contribution in [0.2, 0.25) is 0 Å². The Morgan fingerprint density at radius 3 is 2.83 bits per heavy atom. The second-order valence-electron chi connectivity index (χ2n) is 5.60. The van der Waals surface area contributed by atoms with E-state index in [4.69, 9.17) is 4.74 Å². The molecule has 128 valence electrons. The average molecular weight is 332 g/mol. The van der Waals surface area contributed by atoms with Gasteiger partial charge in [-0.2, -0.15) is 13.2 Å². The second-order valence-corrected chi connectivity index (χ2v) is 5.60. The van der Waals surface area contributed by atoms with Gasteiger partial charge in [0.2, 0.25) is 0 Å². The third-order valence-corrected chi connectivity index (χ3v) is 3.77. The van der Waals surface area contributed by atoms with Gasteiger partial charge < -0.3 is 15.2 Å². The summed E-state index contributed by atoms with van der Waals surface area (Å²) in [5, 5.41) is 12.4. The first-order chi connectivity index (χ1) is 10.8. The number of nitrogens with zero attached hydrogens (tertiary/aromatic N) is 1. The number of phenolic OH excluding ortho intramolecular Hbond substituents is 1. The van der Waals surface area contributed by atoms with Gasteiger partial charge in [0.25, 0.3) is 5.91 Å². The minimum atomic E-state index is -4.20. The van der Waals surface area contributed by atoms with Crippen molar-refractivity contribution in [2.24, 2.45) is 5.92 Å². The maximum Gasteiger partial charge on any atom is 0.401 e. The summed E-state index contributed by atoms with van der Waals surface area (Å²) in [4.78, 5) is 13.4. The number of methoxy groups -OCH3 is 1. The third-order valence-electron chi connectivity index (χ3n) is 3.77. The Labute approximate surface area is 132 Å². The Hall–Kier alpha value is -1.96. The van der Waals surface area contributed by atoms with Crippen LogP contribution in [0.3, 0.4) is 0 Å². The van der Waals surface area contributed by atoms with Crippen LogP contribution in [0.1, 0.15) is 16.8 Å². The van der Waals surface area contributed by atoms with Crippen LogP contribution in [-0.4, -0.2) is 55.4 Å². The largest absolute Gasteiger partial charge is 0.507 e. The van der Waals surface area contributed by atoms with Gasteiger partial charge in [-0.1, -0.05) is 0 Å². The quantitative estimate of drug-likeness (QED) is 0.866. The average Bonchev–Trinajstić information content (AvgIpc) is 2.90. The number of benzene rings is 1. The normalized spacial score (nSPS) is 18.9. The summed E-state index contributed by atoms with van der Waals surface area (Å²) in [5.41, 5.74) is 0.107. The van der Waals surface area contributed by atoms with Gasteiger partial charge in [0, 0.05) is 19.2 Å². The molecular formula is C15H19F3N2O3. The van der Waals surface area contributed by atoms with Crippen LogP contribution in [0.4, 0.5) is 13.2 Å². The molecule has 1 aromatic carbocycles. The molecule has 0 radical (unpaired) electrons. The Balaban J connectivity index is 1.83. The monoisotopic (exact) mass is 332 g/mol. The summed E-state index contributed by atoms with van der Waals surface area (Å²) in [6.07, 6.45) is -3.60. The lowest BCUT2D eigenvalue weighted by Gasteiger charge is -2.18. The van der Waals surface area contributed by atoms with E-state index in [0.717, 1.165) is 0 Å². The highest BCUT2D eigenvalue weighted by Crippen LogP contribution is 2.24. The van der Waals surface area contributed by atoms with E-state index >= 15 is 0 Å². The molecule has 2 rings (SSSR count). The van der Waals surface area contributed by atoms with Crippen molar-refractivity contribution in [3.63, 3.8) is 0 Å². The predicted octanol–water partition coefficient (Wildman–Crippen LogP) is 2.01. The molecule has 1 aromatic rings. The van der Waals surface area contributed by atoms with E-state index in [1.807, 2.05) is 0 Å². The Kier molecular flexibility index (Phi) is 5.35. The van der Waals surface area contributed by atoms with Crippen LogP contribution in [-0.2, 0) is 0 Å². The molecule has 1 fully saturated rings. The van der Waals surface area contributed by atoms with Crippen LogP contribution in [0, 0.1) is 5.92 Å². The molecule has 1 aliphatic rings. The summed E-state index contributed by atoms with van der Waals surface area (Å²) < 4.78 is 41.9. The maximum atomic E-state index is 12.3. The number of rotatable bonds is 5. The molecule has 2 N–H and O–H groups in total. The highest BCUT2D eigenvalue weighted by atomic mass is 19.4. The van der Waals surface area contributed by atoms with Gasteiger partial charge in [-0.25, -0.2) is 0 Å². The van der Waals surface area contributed by atoms with E-state index in [9.17, 15) is 23.1 Å². The zero-order valence-electron chi connectivity index (χ0n) is 12.7. The fourth-order valence-corrected chi connectivity index (χ4v) is 2.64. The van der Waals surface area contributed by atoms with Crippen LogP contribution < -0.4 is 10.1 Å². The minimum Gasteiger partial charge on any atom is -0.507 e. The molecule has 1 atom stereocenters. The van der Waals surface area contributed by atoms with E-state index in [1.165, 1.54) is 24.1 Å². The molecule has 1 aliphatic heterocycles. The van der Waals surface area contributed by atoms with E-state index in [2.05, 4.69) is 5.32 Å². The molecule has 8 heteroatoms. The number of phenols is 1. The number of hydrogen-bond acceptors (Lipinski definition) is 4. The van der Waals surface area contributed by atoms with Crippen molar-refractivity contribution < 1.29 is 27.8 Å². The maximum absolute atomic E-state index is 12.3. The second kappa shape index (κ2) is 7.08. The number of nitrogens with one attached hydrogen (secondary N) is 1. The third kappa shape index (κ3) is 5.02. The number of hydrogen-bond donors (Lipinski definition) is 2. The van der Waals surface area contributed by atoms with Gasteiger partial charge in [-0.3, -0.25) is 9.69 Å². The number of halogens is 3. The van der Waals surface area contributed by atoms with E-state index in [-0.39, 0.29) is 23.8 Å². The molecule has 0 aliphatic carbocycles. The molecule has 0 bridgehead atoms. The smallest absolute Gasteiger partial charge is 0.401 e. The Morgan fingerprint density at radius 1 is 1.48 bits per heavy atom. The highest BCUT2D eigenvalue weighted by Gasteiger charge is 2.34. The summed E-state index contributed by atoms with van der Waals surface area (Å²) in [5.74, 6) is -0.259. The SMILES string of the molecule is COc1ccc(C(=O)NCC2CCN(CC(F)(F)F)C2)c(O)c1. The van der Waals surface area contributed by atoms with Gasteiger partial charge in [0.15, 0.2) is 0 Å². The highest BCUT2D eigenvalue weighted by molar-refractivity contribution is 5.97. The first-order valence-corrected chi connectivity index (χ1v) is 7.23. The lowest BCUT2D eigenvalue weighted by atomic mass is 10.1. The topological polar surface area (TPSA) is 61.8 Å². The number of carbonyl (C=O) groups excluding carboxylic acids is 1. The molecule has 5 nitrogen and oxygen atoms in total. The van der Waals surface area contributed by atoms with E-state index in [1.54, 1.807) is 6.07 Å². The first kappa shape index (κ1) is 17.4. The number of carbonyl (C=O) groups is 1. The van der Waals surface area contributed by atoms with Crippen molar-refractivity contribution in [2.45, 2.75) is 12.6 Å². The van der Waals surface area contributed by atoms with Crippen molar-refractivity contribution in [3.05, 3.63) is 23.8 Å². The van der Waals surface area contributed by atoms with Gasteiger partial charge in [-0.15, -0.1) is 0 Å². The van der Waals surface area contributed by atoms with Gasteiger partial charge >= 0.3 is 6.18 Å². The number of ether oxygens (including phenoxy) is 1. The molecule has 0 spiro atoms. The number of likely N-dealkylation sites (tertiary alicyclic amines) is 1. The molecule has 1 amide bonds. The van der Waals surface area contributed by atoms with Crippen molar-refractivity contribution in [2.75, 3.05) is 33.3 Å². The van der Waals surface area contributed by atoms with Crippen LogP contribution in [0.5, 0.6) is 11.5 Å². The number of aromatic hydroxyl groups is 1. The van der Waals surface area contributed by atoms with Crippen LogP contribution >= 0.6 is 0 Å². The van der Waals surface area contributed by atoms with Gasteiger partial charge in [0.05, 0.1) is 19.2 Å². The number of amides is 1. The Bertz CT molecular complexity index is 563. The predicted molar refractivity (Wildman–Crippen MR) is 77.6 cm³/mol. The Morgan fingerprint density at radius 2 is 2.22 bits per heavy atom. The van der Waals surface area contributed by atoms with Crippen LogP contribution in [0.15, 0.2) is 18.2 Å². The van der Waals surface area contributed by atoms with Crippen LogP contribution in [0.25, 0.3) is 0 Å². The van der Waals surface area contributed by atoms with Crippen molar-refractivity contribution in [3.8, 4) is 11.5 Å². The minimum absolute atomic E-state index is 0.0262. The molecule has 1 unspecified atom stereocenters. The molecular weight excluding hydrogens is 313 g/mol. The fourth-order valence-electron chi connectivity index (χ4n) is 2.64. The molecule has 23 heavy (non-hydrogen) atoms. The zero-order chi connectivity index (χ0) is 17.0. The van der Waals surface area contributed by atoms with E-state index in [0.29, 0.717) is 25.3 Å². The lowest BCUT2D eigenvalue weighted by Crippen LogP contribution is -2.34. The first-order valence-electron chi connectivity index (χ1n) is 7.23. The molecule has 1 saturated heterocycles. The van der Waals surface area contributed by atoms with Crippen molar-refractivity contribution >= 4 is 5.91 Å². The molecule has 0 aromatic heterocycles. The van der Waals surface area contributed by atoms with Crippen molar-refractivity contribution in [1.82, 2.24) is 10.2 Å². The summed E-state index contributed by atoms with van der Waals surface area (Å²) in [6, 6.07) is 4.32. The molecule has 0 saturated carbocycles. The van der Waals surface area contributed by atoms with E-state index < -0.39 is 18.6 Å². The summed E-state index contributed by atoms with van der Waals surface area (Å²) in [6.45, 7) is 0.0254. The fraction of sp³-hybridized carbons (Fsp3) is 0.533. The summed E-state index contributed by atoms with van der Waals surface area (Å²) in [7, 11) is 1.45. The number of alkyl halides is 3.